The molecule has 4 N–H and O–H groups in total. The first kappa shape index (κ1) is 24.8. The molecule has 1 saturated carbocycles. The fourth-order valence-electron chi connectivity index (χ4n) is 5.92. The van der Waals surface area contributed by atoms with Gasteiger partial charge in [-0.2, -0.15) is 0 Å². The molecule has 1 aliphatic carbocycles. The minimum absolute atomic E-state index is 0.0535. The van der Waals surface area contributed by atoms with Gasteiger partial charge in [-0.15, -0.1) is 0 Å². The Balaban J connectivity index is 1.08. The molecule has 2 fully saturated rings. The summed E-state index contributed by atoms with van der Waals surface area (Å²) in [6, 6.07) is 11.2. The molecule has 3 heterocycles. The third kappa shape index (κ3) is 5.23. The normalized spacial score (nSPS) is 25.3. The van der Waals surface area contributed by atoms with Crippen LogP contribution in [-0.4, -0.2) is 54.8 Å². The van der Waals surface area contributed by atoms with Crippen LogP contribution in [0.5, 0.6) is 17.2 Å². The van der Waals surface area contributed by atoms with E-state index in [1.807, 2.05) is 36.4 Å². The van der Waals surface area contributed by atoms with E-state index in [2.05, 4.69) is 16.0 Å². The van der Waals surface area contributed by atoms with Crippen molar-refractivity contribution >= 4 is 17.6 Å². The molecule has 0 unspecified atom stereocenters. The van der Waals surface area contributed by atoms with Gasteiger partial charge in [0.15, 0.2) is 11.5 Å². The van der Waals surface area contributed by atoms with Crippen molar-refractivity contribution in [2.75, 3.05) is 18.7 Å². The standard InChI is InChI=1S/C28H33N3O7/c32-14-25-27-21(20-10-18(6-8-22(20)38-27)31-28(34)30-17-3-1-2-4-17)11-19(37-25)12-26(33)29-13-16-5-7-23-24(9-16)36-15-35-23/h5-10,17,19,21,25,27,32H,1-4,11-15H2,(H,29,33)(H2,30,31,34)/t19-,21-,25-,27+/m1/s1. The molecule has 10 heteroatoms. The van der Waals surface area contributed by atoms with Gasteiger partial charge in [0.2, 0.25) is 12.7 Å². The lowest BCUT2D eigenvalue weighted by Gasteiger charge is -2.37. The van der Waals surface area contributed by atoms with Crippen molar-refractivity contribution < 1.29 is 33.6 Å². The van der Waals surface area contributed by atoms with Gasteiger partial charge in [0.05, 0.1) is 19.1 Å². The predicted molar refractivity (Wildman–Crippen MR) is 137 cm³/mol. The zero-order valence-corrected chi connectivity index (χ0v) is 21.1. The van der Waals surface area contributed by atoms with Gasteiger partial charge in [0, 0.05) is 29.8 Å². The third-order valence-corrected chi connectivity index (χ3v) is 7.79. The lowest BCUT2D eigenvalue weighted by atomic mass is 9.84. The fraction of sp³-hybridized carbons (Fsp3) is 0.500. The summed E-state index contributed by atoms with van der Waals surface area (Å²) in [5, 5.41) is 18.9. The van der Waals surface area contributed by atoms with E-state index in [9.17, 15) is 14.7 Å². The number of nitrogens with one attached hydrogen (secondary N) is 3. The van der Waals surface area contributed by atoms with Crippen LogP contribution in [-0.2, 0) is 16.1 Å². The Hall–Kier alpha value is -3.50. The van der Waals surface area contributed by atoms with Crippen LogP contribution in [0.1, 0.15) is 55.6 Å². The second kappa shape index (κ2) is 10.7. The lowest BCUT2D eigenvalue weighted by Crippen LogP contribution is -2.47. The van der Waals surface area contributed by atoms with E-state index >= 15 is 0 Å². The molecule has 38 heavy (non-hydrogen) atoms. The molecule has 0 spiro atoms. The Labute approximate surface area is 221 Å². The molecule has 3 aliphatic heterocycles. The fourth-order valence-corrected chi connectivity index (χ4v) is 5.92. The highest BCUT2D eigenvalue weighted by molar-refractivity contribution is 5.89. The molecular formula is C28H33N3O7. The largest absolute Gasteiger partial charge is 0.487 e. The Morgan fingerprint density at radius 1 is 1.00 bits per heavy atom. The summed E-state index contributed by atoms with van der Waals surface area (Å²) in [5.41, 5.74) is 2.56. The highest BCUT2D eigenvalue weighted by Gasteiger charge is 2.46. The van der Waals surface area contributed by atoms with Gasteiger partial charge in [-0.3, -0.25) is 4.79 Å². The second-order valence-corrected chi connectivity index (χ2v) is 10.4. The van der Waals surface area contributed by atoms with Crippen molar-refractivity contribution in [3.05, 3.63) is 47.5 Å². The van der Waals surface area contributed by atoms with Gasteiger partial charge >= 0.3 is 6.03 Å². The molecule has 1 saturated heterocycles. The third-order valence-electron chi connectivity index (χ3n) is 7.79. The molecular weight excluding hydrogens is 490 g/mol. The van der Waals surface area contributed by atoms with Crippen LogP contribution >= 0.6 is 0 Å². The molecule has 0 bridgehead atoms. The molecule has 10 nitrogen and oxygen atoms in total. The molecule has 202 valence electrons. The Bertz CT molecular complexity index is 1200. The summed E-state index contributed by atoms with van der Waals surface area (Å²) in [6.45, 7) is 0.358. The molecule has 6 rings (SSSR count). The zero-order chi connectivity index (χ0) is 26.1. The average Bonchev–Trinajstić information content (AvgIpc) is 3.67. The maximum absolute atomic E-state index is 12.8. The molecule has 4 aliphatic rings. The quantitative estimate of drug-likeness (QED) is 0.439. The first-order chi connectivity index (χ1) is 18.6. The van der Waals surface area contributed by atoms with Crippen molar-refractivity contribution in [3.63, 3.8) is 0 Å². The number of hydrogen-bond donors (Lipinski definition) is 4. The van der Waals surface area contributed by atoms with E-state index in [-0.39, 0.29) is 55.9 Å². The number of ether oxygens (including phenoxy) is 4. The van der Waals surface area contributed by atoms with Gasteiger partial charge in [0.25, 0.3) is 0 Å². The predicted octanol–water partition coefficient (Wildman–Crippen LogP) is 3.18. The molecule has 4 atom stereocenters. The monoisotopic (exact) mass is 523 g/mol. The molecule has 3 amide bonds. The van der Waals surface area contributed by atoms with Crippen molar-refractivity contribution in [3.8, 4) is 17.2 Å². The lowest BCUT2D eigenvalue weighted by molar-refractivity contribution is -0.142. The maximum Gasteiger partial charge on any atom is 0.319 e. The molecule has 2 aromatic rings. The average molecular weight is 524 g/mol. The van der Waals surface area contributed by atoms with Crippen LogP contribution in [0.15, 0.2) is 36.4 Å². The van der Waals surface area contributed by atoms with Crippen molar-refractivity contribution in [2.45, 2.75) is 75.3 Å². The number of rotatable bonds is 7. The van der Waals surface area contributed by atoms with Crippen molar-refractivity contribution in [2.24, 2.45) is 0 Å². The van der Waals surface area contributed by atoms with E-state index in [0.717, 1.165) is 42.6 Å². The maximum atomic E-state index is 12.8. The van der Waals surface area contributed by atoms with Crippen LogP contribution in [0.4, 0.5) is 10.5 Å². The smallest absolute Gasteiger partial charge is 0.319 e. The van der Waals surface area contributed by atoms with Crippen LogP contribution < -0.4 is 30.2 Å². The van der Waals surface area contributed by atoms with Crippen LogP contribution in [0, 0.1) is 0 Å². The minimum Gasteiger partial charge on any atom is -0.487 e. The number of benzene rings is 2. The summed E-state index contributed by atoms with van der Waals surface area (Å²) in [7, 11) is 0. The van der Waals surface area contributed by atoms with Gasteiger partial charge in [-0.05, 0) is 55.2 Å². The van der Waals surface area contributed by atoms with Crippen molar-refractivity contribution in [1.82, 2.24) is 10.6 Å². The zero-order valence-electron chi connectivity index (χ0n) is 21.1. The van der Waals surface area contributed by atoms with Gasteiger partial charge in [-0.25, -0.2) is 4.79 Å². The summed E-state index contributed by atoms with van der Waals surface area (Å²) in [4.78, 5) is 25.3. The Kier molecular flexibility index (Phi) is 6.99. The highest BCUT2D eigenvalue weighted by Crippen LogP contribution is 2.47. The van der Waals surface area contributed by atoms with E-state index in [1.165, 1.54) is 0 Å². The van der Waals surface area contributed by atoms with Gasteiger partial charge < -0.3 is 40.0 Å². The van der Waals surface area contributed by atoms with E-state index in [1.54, 1.807) is 0 Å². The van der Waals surface area contributed by atoms with Crippen LogP contribution in [0.2, 0.25) is 0 Å². The number of anilines is 1. The number of fused-ring (bicyclic) bond motifs is 4. The number of carbonyl (C=O) groups is 2. The Morgan fingerprint density at radius 3 is 2.66 bits per heavy atom. The molecule has 2 aromatic carbocycles. The topological polar surface area (TPSA) is 127 Å². The Morgan fingerprint density at radius 2 is 1.82 bits per heavy atom. The SMILES string of the molecule is O=C(C[C@H]1C[C@@H]2c3cc(NC(=O)NC4CCCC4)ccc3O[C@@H]2[C@@H](CO)O1)NCc1ccc2c(c1)OCO2. The molecule has 0 radical (unpaired) electrons. The van der Waals surface area contributed by atoms with Crippen LogP contribution in [0.3, 0.4) is 0 Å². The van der Waals surface area contributed by atoms with Crippen LogP contribution in [0.25, 0.3) is 0 Å². The summed E-state index contributed by atoms with van der Waals surface area (Å²) < 4.78 is 23.0. The second-order valence-electron chi connectivity index (χ2n) is 10.4. The van der Waals surface area contributed by atoms with E-state index in [4.69, 9.17) is 18.9 Å². The summed E-state index contributed by atoms with van der Waals surface area (Å²) >= 11 is 0. The number of aliphatic hydroxyl groups is 1. The number of urea groups is 1. The number of aliphatic hydroxyl groups excluding tert-OH is 1. The highest BCUT2D eigenvalue weighted by atomic mass is 16.7. The van der Waals surface area contributed by atoms with Gasteiger partial charge in [0.1, 0.15) is 18.0 Å². The number of hydrogen-bond acceptors (Lipinski definition) is 7. The van der Waals surface area contributed by atoms with E-state index < -0.39 is 6.10 Å². The van der Waals surface area contributed by atoms with Crippen molar-refractivity contribution in [1.29, 1.82) is 0 Å². The number of carbonyl (C=O) groups excluding carboxylic acids is 2. The summed E-state index contributed by atoms with van der Waals surface area (Å²) in [5.74, 6) is 1.90. The minimum atomic E-state index is -0.546. The summed E-state index contributed by atoms with van der Waals surface area (Å²) in [6.07, 6.45) is 3.81. The number of amides is 3. The van der Waals surface area contributed by atoms with Gasteiger partial charge in [-0.1, -0.05) is 18.9 Å². The molecule has 0 aromatic heterocycles. The van der Waals surface area contributed by atoms with E-state index in [0.29, 0.717) is 30.2 Å². The first-order valence-corrected chi connectivity index (χ1v) is 13.4. The first-order valence-electron chi connectivity index (χ1n) is 13.4.